The van der Waals surface area contributed by atoms with Gasteiger partial charge in [0.2, 0.25) is 0 Å². The third-order valence-corrected chi connectivity index (χ3v) is 3.11. The van der Waals surface area contributed by atoms with Crippen molar-refractivity contribution in [2.45, 2.75) is 6.42 Å². The average Bonchev–Trinajstić information content (AvgIpc) is 2.53. The largest absolute Gasteiger partial charge is 0.507 e. The number of halogens is 1. The van der Waals surface area contributed by atoms with Crippen molar-refractivity contribution in [3.05, 3.63) is 65.9 Å². The molecule has 0 saturated carbocycles. The summed E-state index contributed by atoms with van der Waals surface area (Å²) in [5.74, 6) is 0.0907. The van der Waals surface area contributed by atoms with Gasteiger partial charge >= 0.3 is 5.97 Å². The van der Waals surface area contributed by atoms with Gasteiger partial charge in [0.1, 0.15) is 18.1 Å². The van der Waals surface area contributed by atoms with Gasteiger partial charge in [-0.05, 0) is 36.0 Å². The van der Waals surface area contributed by atoms with Crippen LogP contribution in [0.2, 0.25) is 0 Å². The molecule has 2 rings (SSSR count). The van der Waals surface area contributed by atoms with Crippen LogP contribution in [0.4, 0.5) is 0 Å². The number of ether oxygens (including phenoxy) is 1. The number of benzene rings is 2. The molecule has 5 nitrogen and oxygen atoms in total. The molecule has 0 fully saturated rings. The first-order valence-electron chi connectivity index (χ1n) is 7.26. The highest BCUT2D eigenvalue weighted by molar-refractivity contribution is 5.85. The molecule has 128 valence electrons. The Kier molecular flexibility index (Phi) is 8.22. The Hall–Kier alpha value is -2.66. The molecule has 0 atom stereocenters. The maximum absolute atomic E-state index is 10.6. The number of phenolic OH excluding ortho intramolecular Hbond substituents is 1. The third kappa shape index (κ3) is 6.62. The lowest BCUT2D eigenvalue weighted by Gasteiger charge is -2.07. The van der Waals surface area contributed by atoms with Gasteiger partial charge in [0, 0.05) is 12.1 Å². The molecule has 24 heavy (non-hydrogen) atoms. The quantitative estimate of drug-likeness (QED) is 0.638. The van der Waals surface area contributed by atoms with Crippen LogP contribution < -0.4 is 10.1 Å². The molecular formula is C18H20ClNO4. The van der Waals surface area contributed by atoms with E-state index in [2.05, 4.69) is 5.32 Å². The van der Waals surface area contributed by atoms with Crippen molar-refractivity contribution < 1.29 is 19.7 Å². The van der Waals surface area contributed by atoms with Gasteiger partial charge < -0.3 is 20.3 Å². The summed E-state index contributed by atoms with van der Waals surface area (Å²) in [6.07, 6.45) is 3.56. The number of carboxylic acids is 1. The Bertz CT molecular complexity index is 671. The Labute approximate surface area is 147 Å². The minimum atomic E-state index is -0.848. The Balaban J connectivity index is 0.00000288. The van der Waals surface area contributed by atoms with E-state index in [4.69, 9.17) is 9.84 Å². The van der Waals surface area contributed by atoms with Crippen LogP contribution >= 0.6 is 12.4 Å². The van der Waals surface area contributed by atoms with Crippen molar-refractivity contribution in [1.82, 2.24) is 5.32 Å². The van der Waals surface area contributed by atoms with Crippen molar-refractivity contribution in [2.75, 3.05) is 13.2 Å². The van der Waals surface area contributed by atoms with E-state index >= 15 is 0 Å². The first-order chi connectivity index (χ1) is 11.1. The standard InChI is InChI=1S/C18H19NO4.ClH/c20-17-4-2-1-3-15(17)9-10-19-11-12-23-16-7-5-14(6-8-16)13-18(21)22;/h1-10,19-20H,11-13H2,(H,21,22);1H. The second kappa shape index (κ2) is 10.2. The summed E-state index contributed by atoms with van der Waals surface area (Å²) in [5, 5.41) is 21.4. The first-order valence-corrected chi connectivity index (χ1v) is 7.26. The number of hydrogen-bond acceptors (Lipinski definition) is 4. The number of phenols is 1. The average molecular weight is 350 g/mol. The number of hydrogen-bond donors (Lipinski definition) is 3. The summed E-state index contributed by atoms with van der Waals surface area (Å²) in [4.78, 5) is 10.6. The normalized spacial score (nSPS) is 10.2. The molecule has 0 aliphatic carbocycles. The van der Waals surface area contributed by atoms with E-state index in [1.165, 1.54) is 0 Å². The number of para-hydroxylation sites is 1. The van der Waals surface area contributed by atoms with Gasteiger partial charge in [-0.15, -0.1) is 12.4 Å². The second-order valence-electron chi connectivity index (χ2n) is 4.91. The van der Waals surface area contributed by atoms with Crippen molar-refractivity contribution >= 4 is 24.5 Å². The molecule has 0 bridgehead atoms. The fourth-order valence-corrected chi connectivity index (χ4v) is 1.97. The van der Waals surface area contributed by atoms with E-state index in [1.54, 1.807) is 48.7 Å². The van der Waals surface area contributed by atoms with Gasteiger partial charge in [-0.1, -0.05) is 30.3 Å². The van der Waals surface area contributed by atoms with Crippen molar-refractivity contribution in [3.63, 3.8) is 0 Å². The van der Waals surface area contributed by atoms with Crippen LogP contribution in [-0.4, -0.2) is 29.3 Å². The van der Waals surface area contributed by atoms with Crippen LogP contribution in [-0.2, 0) is 11.2 Å². The predicted molar refractivity (Wildman–Crippen MR) is 95.7 cm³/mol. The highest BCUT2D eigenvalue weighted by atomic mass is 35.5. The van der Waals surface area contributed by atoms with E-state index in [0.29, 0.717) is 18.9 Å². The van der Waals surface area contributed by atoms with E-state index in [0.717, 1.165) is 11.1 Å². The highest BCUT2D eigenvalue weighted by Gasteiger charge is 2.00. The van der Waals surface area contributed by atoms with E-state index in [9.17, 15) is 9.90 Å². The van der Waals surface area contributed by atoms with Crippen LogP contribution in [0.25, 0.3) is 6.08 Å². The lowest BCUT2D eigenvalue weighted by atomic mass is 10.1. The van der Waals surface area contributed by atoms with E-state index < -0.39 is 5.97 Å². The molecule has 0 aromatic heterocycles. The summed E-state index contributed by atoms with van der Waals surface area (Å²) < 4.78 is 5.55. The van der Waals surface area contributed by atoms with Gasteiger partial charge in [0.15, 0.2) is 0 Å². The Morgan fingerprint density at radius 1 is 1.12 bits per heavy atom. The summed E-state index contributed by atoms with van der Waals surface area (Å²) in [5.41, 5.74) is 1.49. The zero-order chi connectivity index (χ0) is 16.5. The van der Waals surface area contributed by atoms with Gasteiger partial charge in [-0.25, -0.2) is 0 Å². The molecule has 0 saturated heterocycles. The maximum Gasteiger partial charge on any atom is 0.307 e. The first kappa shape index (κ1) is 19.4. The van der Waals surface area contributed by atoms with Gasteiger partial charge in [0.25, 0.3) is 0 Å². The number of rotatable bonds is 8. The molecule has 0 spiro atoms. The zero-order valence-corrected chi connectivity index (χ0v) is 13.8. The molecule has 0 aliphatic heterocycles. The minimum Gasteiger partial charge on any atom is -0.507 e. The minimum absolute atomic E-state index is 0. The van der Waals surface area contributed by atoms with Gasteiger partial charge in [0.05, 0.1) is 6.42 Å². The number of aliphatic carboxylic acids is 1. The van der Waals surface area contributed by atoms with Crippen molar-refractivity contribution in [1.29, 1.82) is 0 Å². The summed E-state index contributed by atoms with van der Waals surface area (Å²) in [6.45, 7) is 1.09. The number of carbonyl (C=O) groups is 1. The van der Waals surface area contributed by atoms with E-state index in [-0.39, 0.29) is 24.6 Å². The molecule has 0 heterocycles. The van der Waals surface area contributed by atoms with Crippen LogP contribution in [0.1, 0.15) is 11.1 Å². The van der Waals surface area contributed by atoms with Crippen LogP contribution in [0.15, 0.2) is 54.7 Å². The lowest BCUT2D eigenvalue weighted by Crippen LogP contribution is -2.15. The summed E-state index contributed by atoms with van der Waals surface area (Å²) in [7, 11) is 0. The molecule has 0 aliphatic rings. The fourth-order valence-electron chi connectivity index (χ4n) is 1.97. The van der Waals surface area contributed by atoms with Crippen molar-refractivity contribution in [3.8, 4) is 11.5 Å². The van der Waals surface area contributed by atoms with Crippen LogP contribution in [0.3, 0.4) is 0 Å². The topological polar surface area (TPSA) is 78.8 Å². The fraction of sp³-hybridized carbons (Fsp3) is 0.167. The lowest BCUT2D eigenvalue weighted by molar-refractivity contribution is -0.136. The smallest absolute Gasteiger partial charge is 0.307 e. The number of aromatic hydroxyl groups is 1. The Morgan fingerprint density at radius 2 is 1.83 bits per heavy atom. The summed E-state index contributed by atoms with van der Waals surface area (Å²) >= 11 is 0. The summed E-state index contributed by atoms with van der Waals surface area (Å²) in [6, 6.07) is 14.1. The zero-order valence-electron chi connectivity index (χ0n) is 13.0. The predicted octanol–water partition coefficient (Wildman–Crippen LogP) is 3.08. The highest BCUT2D eigenvalue weighted by Crippen LogP contribution is 2.16. The molecular weight excluding hydrogens is 330 g/mol. The van der Waals surface area contributed by atoms with Crippen LogP contribution in [0, 0.1) is 0 Å². The third-order valence-electron chi connectivity index (χ3n) is 3.11. The maximum atomic E-state index is 10.6. The molecule has 3 N–H and O–H groups in total. The number of nitrogens with one attached hydrogen (secondary N) is 1. The van der Waals surface area contributed by atoms with E-state index in [1.807, 2.05) is 12.1 Å². The van der Waals surface area contributed by atoms with Gasteiger partial charge in [-0.2, -0.15) is 0 Å². The Morgan fingerprint density at radius 3 is 2.50 bits per heavy atom. The van der Waals surface area contributed by atoms with Gasteiger partial charge in [-0.3, -0.25) is 4.79 Å². The molecule has 0 radical (unpaired) electrons. The monoisotopic (exact) mass is 349 g/mol. The molecule has 2 aromatic rings. The van der Waals surface area contributed by atoms with Crippen LogP contribution in [0.5, 0.6) is 11.5 Å². The molecule has 0 unspecified atom stereocenters. The SMILES string of the molecule is Cl.O=C(O)Cc1ccc(OCCNC=Cc2ccccc2O)cc1. The number of carboxylic acid groups (broad SMARTS) is 1. The van der Waals surface area contributed by atoms with Crippen molar-refractivity contribution in [2.24, 2.45) is 0 Å². The second-order valence-corrected chi connectivity index (χ2v) is 4.91. The molecule has 6 heteroatoms. The molecule has 0 amide bonds. The molecule has 2 aromatic carbocycles.